The molecule has 1 saturated heterocycles. The van der Waals surface area contributed by atoms with Gasteiger partial charge in [-0.25, -0.2) is 15.0 Å². The zero-order valence-corrected chi connectivity index (χ0v) is 14.9. The summed E-state index contributed by atoms with van der Waals surface area (Å²) < 4.78 is 21.5. The van der Waals surface area contributed by atoms with Crippen LogP contribution in [0, 0.1) is 0 Å². The lowest BCUT2D eigenvalue weighted by atomic mass is 10.1. The second kappa shape index (κ2) is 7.66. The van der Waals surface area contributed by atoms with E-state index in [0.717, 1.165) is 0 Å². The molecule has 0 amide bonds. The van der Waals surface area contributed by atoms with Gasteiger partial charge in [0.05, 0.1) is 6.20 Å². The lowest BCUT2D eigenvalue weighted by molar-refractivity contribution is -0.165. The van der Waals surface area contributed by atoms with Crippen LogP contribution in [-0.4, -0.2) is 62.8 Å². The largest absolute Gasteiger partial charge is 0.463 e. The maximum atomic E-state index is 11.6. The predicted molar refractivity (Wildman–Crippen MR) is 87.0 cm³/mol. The lowest BCUT2D eigenvalue weighted by Crippen LogP contribution is -2.40. The van der Waals surface area contributed by atoms with Gasteiger partial charge in [-0.3, -0.25) is 14.4 Å². The van der Waals surface area contributed by atoms with Crippen LogP contribution in [-0.2, 0) is 33.3 Å². The van der Waals surface area contributed by atoms with Gasteiger partial charge in [-0.15, -0.1) is 0 Å². The number of aromatic nitrogens is 4. The van der Waals surface area contributed by atoms with Crippen LogP contribution in [0.15, 0.2) is 12.5 Å². The molecule has 2 aromatic rings. The number of nitrogens with one attached hydrogen (secondary N) is 1. The molecule has 1 aliphatic heterocycles. The zero-order chi connectivity index (χ0) is 19.6. The minimum atomic E-state index is -0.986. The Hall–Kier alpha value is -3.08. The average Bonchev–Trinajstić information content (AvgIpc) is 3.14. The van der Waals surface area contributed by atoms with E-state index in [1.165, 1.54) is 33.3 Å². The Morgan fingerprint density at radius 2 is 1.81 bits per heavy atom. The number of rotatable bonds is 5. The summed E-state index contributed by atoms with van der Waals surface area (Å²) in [5, 5.41) is 0. The number of carbonyl (C=O) groups excluding carboxylic acids is 3. The minimum Gasteiger partial charge on any atom is -0.463 e. The number of imidazole rings is 1. The topological polar surface area (TPSA) is 143 Å². The Kier molecular flexibility index (Phi) is 5.31. The predicted octanol–water partition coefficient (Wildman–Crippen LogP) is 0.219. The van der Waals surface area contributed by atoms with E-state index < -0.39 is 42.3 Å². The van der Waals surface area contributed by atoms with Crippen molar-refractivity contribution in [2.45, 2.75) is 45.2 Å². The highest BCUT2D eigenvalue weighted by atomic mass is 16.6. The molecular formula is C16H18N4O7. The fourth-order valence-corrected chi connectivity index (χ4v) is 2.85. The number of carbonyl (C=O) groups is 3. The molecule has 144 valence electrons. The van der Waals surface area contributed by atoms with Crippen molar-refractivity contribution in [3.63, 3.8) is 0 Å². The maximum Gasteiger partial charge on any atom is 0.303 e. The van der Waals surface area contributed by atoms with E-state index in [2.05, 4.69) is 19.9 Å². The number of ether oxygens (including phenoxy) is 4. The van der Waals surface area contributed by atoms with Gasteiger partial charge in [0.2, 0.25) is 0 Å². The summed E-state index contributed by atoms with van der Waals surface area (Å²) in [6, 6.07) is 0. The van der Waals surface area contributed by atoms with Crippen LogP contribution in [0.5, 0.6) is 0 Å². The van der Waals surface area contributed by atoms with Crippen molar-refractivity contribution < 1.29 is 33.3 Å². The highest BCUT2D eigenvalue weighted by Gasteiger charge is 2.51. The molecule has 1 aliphatic rings. The molecule has 0 aromatic carbocycles. The second-order valence-corrected chi connectivity index (χ2v) is 5.93. The van der Waals surface area contributed by atoms with E-state index in [1.807, 2.05) is 0 Å². The van der Waals surface area contributed by atoms with Gasteiger partial charge in [0, 0.05) is 20.8 Å². The van der Waals surface area contributed by atoms with Crippen LogP contribution in [0.1, 0.15) is 32.7 Å². The molecular weight excluding hydrogens is 360 g/mol. The van der Waals surface area contributed by atoms with Crippen LogP contribution >= 0.6 is 0 Å². The number of esters is 3. The van der Waals surface area contributed by atoms with Gasteiger partial charge < -0.3 is 23.9 Å². The van der Waals surface area contributed by atoms with Crippen molar-refractivity contribution in [1.29, 1.82) is 0 Å². The summed E-state index contributed by atoms with van der Waals surface area (Å²) in [6.07, 6.45) is -0.805. The molecule has 1 fully saturated rings. The molecule has 27 heavy (non-hydrogen) atoms. The number of hydrogen-bond acceptors (Lipinski definition) is 10. The first-order valence-corrected chi connectivity index (χ1v) is 8.14. The van der Waals surface area contributed by atoms with Gasteiger partial charge in [-0.2, -0.15) is 0 Å². The molecule has 2 aromatic heterocycles. The summed E-state index contributed by atoms with van der Waals surface area (Å²) >= 11 is 0. The van der Waals surface area contributed by atoms with Gasteiger partial charge in [0.1, 0.15) is 30.4 Å². The number of hydrogen-bond donors (Lipinski definition) is 1. The third-order valence-corrected chi connectivity index (χ3v) is 3.81. The summed E-state index contributed by atoms with van der Waals surface area (Å²) in [4.78, 5) is 49.5. The highest BCUT2D eigenvalue weighted by Crippen LogP contribution is 2.37. The summed E-state index contributed by atoms with van der Waals surface area (Å²) in [5.41, 5.74) is 0.961. The first-order valence-electron chi connectivity index (χ1n) is 8.14. The molecule has 4 atom stereocenters. The number of H-pyrrole nitrogens is 1. The Balaban J connectivity index is 1.94. The third-order valence-electron chi connectivity index (χ3n) is 3.81. The Bertz CT molecular complexity index is 834. The Labute approximate surface area is 153 Å². The van der Waals surface area contributed by atoms with E-state index in [4.69, 9.17) is 18.9 Å². The van der Waals surface area contributed by atoms with Crippen molar-refractivity contribution in [1.82, 2.24) is 19.9 Å². The van der Waals surface area contributed by atoms with Crippen LogP contribution in [0.4, 0.5) is 0 Å². The normalized spacial score (nSPS) is 24.6. The molecule has 1 N–H and O–H groups in total. The monoisotopic (exact) mass is 378 g/mol. The van der Waals surface area contributed by atoms with E-state index in [9.17, 15) is 14.4 Å². The molecule has 11 nitrogen and oxygen atoms in total. The summed E-state index contributed by atoms with van der Waals surface area (Å²) in [7, 11) is 0. The SMILES string of the molecule is CC(=O)OC[C@H]1O[C@@H](c2nc3ncncc3[nH]2)[C@H](OC(C)=O)[C@@H]1OC(C)=O. The van der Waals surface area contributed by atoms with Gasteiger partial charge in [-0.05, 0) is 0 Å². The summed E-state index contributed by atoms with van der Waals surface area (Å²) in [5.74, 6) is -1.38. The van der Waals surface area contributed by atoms with E-state index >= 15 is 0 Å². The molecule has 3 heterocycles. The van der Waals surface area contributed by atoms with Crippen molar-refractivity contribution in [3.8, 4) is 0 Å². The van der Waals surface area contributed by atoms with Crippen LogP contribution < -0.4 is 0 Å². The lowest BCUT2D eigenvalue weighted by Gasteiger charge is -2.22. The van der Waals surface area contributed by atoms with Crippen molar-refractivity contribution in [2.24, 2.45) is 0 Å². The third kappa shape index (κ3) is 4.19. The zero-order valence-electron chi connectivity index (χ0n) is 14.9. The Morgan fingerprint density at radius 3 is 2.44 bits per heavy atom. The van der Waals surface area contributed by atoms with E-state index in [0.29, 0.717) is 17.0 Å². The van der Waals surface area contributed by atoms with Crippen molar-refractivity contribution >= 4 is 29.1 Å². The molecule has 0 aliphatic carbocycles. The average molecular weight is 378 g/mol. The van der Waals surface area contributed by atoms with Crippen LogP contribution in [0.25, 0.3) is 11.2 Å². The Morgan fingerprint density at radius 1 is 1.11 bits per heavy atom. The minimum absolute atomic E-state index is 0.179. The molecule has 0 radical (unpaired) electrons. The molecule has 0 bridgehead atoms. The second-order valence-electron chi connectivity index (χ2n) is 5.93. The van der Waals surface area contributed by atoms with Crippen LogP contribution in [0.3, 0.4) is 0 Å². The standard InChI is InChI=1S/C16H18N4O7/c1-7(21)24-5-11-12(25-8(2)22)13(26-9(3)23)14(27-11)16-19-10-4-17-6-18-15(10)20-16/h4,6,11-14H,5H2,1-3H3,(H,17,18,19,20)/t11-,12-,13-,14-/m1/s1. The number of nitrogens with zero attached hydrogens (tertiary/aromatic N) is 3. The first kappa shape index (κ1) is 18.7. The molecule has 0 saturated carbocycles. The fraction of sp³-hybridized carbons (Fsp3) is 0.500. The van der Waals surface area contributed by atoms with Gasteiger partial charge >= 0.3 is 17.9 Å². The molecule has 3 rings (SSSR count). The number of aromatic amines is 1. The fourth-order valence-electron chi connectivity index (χ4n) is 2.85. The van der Waals surface area contributed by atoms with Crippen molar-refractivity contribution in [2.75, 3.05) is 6.61 Å². The van der Waals surface area contributed by atoms with Crippen LogP contribution in [0.2, 0.25) is 0 Å². The van der Waals surface area contributed by atoms with Gasteiger partial charge in [-0.1, -0.05) is 0 Å². The van der Waals surface area contributed by atoms with E-state index in [-0.39, 0.29) is 6.61 Å². The molecule has 0 spiro atoms. The quantitative estimate of drug-likeness (QED) is 0.567. The van der Waals surface area contributed by atoms with Gasteiger partial charge in [0.25, 0.3) is 0 Å². The molecule has 0 unspecified atom stereocenters. The first-order chi connectivity index (χ1) is 12.8. The maximum absolute atomic E-state index is 11.6. The number of fused-ring (bicyclic) bond motifs is 1. The van der Waals surface area contributed by atoms with E-state index in [1.54, 1.807) is 0 Å². The van der Waals surface area contributed by atoms with Gasteiger partial charge in [0.15, 0.2) is 24.0 Å². The highest BCUT2D eigenvalue weighted by molar-refractivity contribution is 5.69. The summed E-state index contributed by atoms with van der Waals surface area (Å²) in [6.45, 7) is 3.51. The smallest absolute Gasteiger partial charge is 0.303 e. The van der Waals surface area contributed by atoms with Crippen molar-refractivity contribution in [3.05, 3.63) is 18.3 Å². The molecule has 11 heteroatoms.